The number of methoxy groups -OCH3 is 1. The van der Waals surface area contributed by atoms with E-state index >= 15 is 0 Å². The third kappa shape index (κ3) is 3.83. The first-order valence-corrected chi connectivity index (χ1v) is 6.40. The highest BCUT2D eigenvalue weighted by atomic mass is 16.5. The minimum Gasteiger partial charge on any atom is -0.480 e. The number of hydrogen-bond donors (Lipinski definition) is 2. The number of nitrogens with one attached hydrogen (secondary N) is 1. The highest BCUT2D eigenvalue weighted by Gasteiger charge is 2.40. The molecule has 0 saturated carbocycles. The van der Waals surface area contributed by atoms with Crippen LogP contribution in [0.2, 0.25) is 0 Å². The molecule has 1 aliphatic heterocycles. The number of carbonyl (C=O) groups excluding carboxylic acids is 2. The van der Waals surface area contributed by atoms with Gasteiger partial charge in [-0.2, -0.15) is 0 Å². The number of ether oxygens (including phenoxy) is 2. The maximum Gasteiger partial charge on any atom is 0.328 e. The Morgan fingerprint density at radius 1 is 1.45 bits per heavy atom. The van der Waals surface area contributed by atoms with E-state index in [9.17, 15) is 14.4 Å². The van der Waals surface area contributed by atoms with E-state index in [0.29, 0.717) is 0 Å². The van der Waals surface area contributed by atoms with Crippen molar-refractivity contribution in [3.63, 3.8) is 0 Å². The van der Waals surface area contributed by atoms with Crippen LogP contribution in [0, 0.1) is 0 Å². The number of carbonyl (C=O) groups is 3. The Hall–Kier alpha value is -1.83. The number of carboxylic acids is 1. The second-order valence-corrected chi connectivity index (χ2v) is 4.52. The topological polar surface area (TPSA) is 105 Å². The maximum atomic E-state index is 12.0. The molecule has 2 amide bonds. The molecule has 1 fully saturated rings. The van der Waals surface area contributed by atoms with Gasteiger partial charge in [0.2, 0.25) is 0 Å². The van der Waals surface area contributed by atoms with Crippen LogP contribution in [0.1, 0.15) is 20.3 Å². The first-order chi connectivity index (χ1) is 9.40. The number of carboxylic acid groups (broad SMARTS) is 1. The first kappa shape index (κ1) is 16.2. The molecular weight excluding hydrogens is 268 g/mol. The zero-order valence-electron chi connectivity index (χ0n) is 11.8. The van der Waals surface area contributed by atoms with E-state index in [-0.39, 0.29) is 25.7 Å². The molecule has 1 rings (SSSR count). The third-order valence-electron chi connectivity index (χ3n) is 3.12. The van der Waals surface area contributed by atoms with E-state index in [1.165, 1.54) is 14.0 Å². The Kier molecular flexibility index (Phi) is 5.75. The summed E-state index contributed by atoms with van der Waals surface area (Å²) in [6.07, 6.45) is -0.0905. The van der Waals surface area contributed by atoms with Gasteiger partial charge in [0, 0.05) is 20.1 Å². The monoisotopic (exact) mass is 288 g/mol. The van der Waals surface area contributed by atoms with Crippen LogP contribution in [0.4, 0.5) is 4.79 Å². The van der Waals surface area contributed by atoms with Crippen LogP contribution in [0.3, 0.4) is 0 Å². The number of hydrogen-bond acceptors (Lipinski definition) is 5. The minimum atomic E-state index is -1.09. The van der Waals surface area contributed by atoms with E-state index in [4.69, 9.17) is 14.6 Å². The van der Waals surface area contributed by atoms with Crippen LogP contribution in [0.5, 0.6) is 0 Å². The quantitative estimate of drug-likeness (QED) is 0.680. The van der Waals surface area contributed by atoms with Crippen molar-refractivity contribution < 1.29 is 29.0 Å². The fourth-order valence-corrected chi connectivity index (χ4v) is 2.02. The molecule has 0 spiro atoms. The molecule has 20 heavy (non-hydrogen) atoms. The van der Waals surface area contributed by atoms with Crippen LogP contribution in [0.15, 0.2) is 0 Å². The number of rotatable bonds is 5. The van der Waals surface area contributed by atoms with E-state index in [2.05, 4.69) is 5.32 Å². The van der Waals surface area contributed by atoms with Gasteiger partial charge in [-0.15, -0.1) is 0 Å². The minimum absolute atomic E-state index is 0.175. The number of esters is 1. The largest absolute Gasteiger partial charge is 0.480 e. The lowest BCUT2D eigenvalue weighted by Crippen LogP contribution is -2.50. The summed E-state index contributed by atoms with van der Waals surface area (Å²) in [5.74, 6) is -1.65. The zero-order chi connectivity index (χ0) is 15.3. The van der Waals surface area contributed by atoms with E-state index < -0.39 is 30.1 Å². The van der Waals surface area contributed by atoms with Gasteiger partial charge in [0.05, 0.1) is 12.7 Å². The second-order valence-electron chi connectivity index (χ2n) is 4.52. The van der Waals surface area contributed by atoms with Gasteiger partial charge in [0.1, 0.15) is 12.1 Å². The summed E-state index contributed by atoms with van der Waals surface area (Å²) < 4.78 is 9.86. The van der Waals surface area contributed by atoms with Crippen LogP contribution in [0.25, 0.3) is 0 Å². The Bertz CT molecular complexity index is 386. The summed E-state index contributed by atoms with van der Waals surface area (Å²) in [5.41, 5.74) is 0. The van der Waals surface area contributed by atoms with Gasteiger partial charge < -0.3 is 24.8 Å². The molecule has 1 aliphatic rings. The molecule has 1 saturated heterocycles. The molecule has 0 bridgehead atoms. The molecule has 0 aromatic rings. The van der Waals surface area contributed by atoms with Crippen molar-refractivity contribution in [2.45, 2.75) is 38.5 Å². The second kappa shape index (κ2) is 7.09. The number of aliphatic carboxylic acids is 1. The molecule has 0 radical (unpaired) electrons. The molecule has 8 heteroatoms. The first-order valence-electron chi connectivity index (χ1n) is 6.40. The van der Waals surface area contributed by atoms with Crippen LogP contribution < -0.4 is 5.32 Å². The van der Waals surface area contributed by atoms with Gasteiger partial charge in [0.15, 0.2) is 0 Å². The number of amides is 2. The molecule has 0 aliphatic carbocycles. The molecular formula is C12H20N2O6. The summed E-state index contributed by atoms with van der Waals surface area (Å²) in [7, 11) is 1.46. The van der Waals surface area contributed by atoms with E-state index in [0.717, 1.165) is 4.90 Å². The van der Waals surface area contributed by atoms with Crippen molar-refractivity contribution in [1.29, 1.82) is 0 Å². The van der Waals surface area contributed by atoms with Crippen molar-refractivity contribution in [2.75, 3.05) is 20.3 Å². The molecule has 0 aromatic carbocycles. The third-order valence-corrected chi connectivity index (χ3v) is 3.12. The number of urea groups is 1. The lowest BCUT2D eigenvalue weighted by Gasteiger charge is -2.23. The molecule has 3 atom stereocenters. The zero-order valence-corrected chi connectivity index (χ0v) is 11.8. The highest BCUT2D eigenvalue weighted by Crippen LogP contribution is 2.20. The average Bonchev–Trinajstić information content (AvgIpc) is 2.83. The Morgan fingerprint density at radius 3 is 2.60 bits per heavy atom. The fraction of sp³-hybridized carbons (Fsp3) is 0.750. The Labute approximate surface area is 117 Å². The molecule has 1 heterocycles. The van der Waals surface area contributed by atoms with Crippen molar-refractivity contribution in [1.82, 2.24) is 10.2 Å². The summed E-state index contributed by atoms with van der Waals surface area (Å²) in [6, 6.07) is -2.40. The van der Waals surface area contributed by atoms with Crippen LogP contribution in [-0.2, 0) is 19.1 Å². The van der Waals surface area contributed by atoms with Crippen molar-refractivity contribution >= 4 is 18.0 Å². The predicted octanol–water partition coefficient (Wildman–Crippen LogP) is -0.178. The van der Waals surface area contributed by atoms with Crippen LogP contribution in [-0.4, -0.2) is 66.4 Å². The van der Waals surface area contributed by atoms with E-state index in [1.54, 1.807) is 6.92 Å². The highest BCUT2D eigenvalue weighted by molar-refractivity contribution is 5.87. The molecule has 8 nitrogen and oxygen atoms in total. The predicted molar refractivity (Wildman–Crippen MR) is 68.2 cm³/mol. The number of nitrogens with zero attached hydrogens (tertiary/aromatic N) is 1. The van der Waals surface area contributed by atoms with Gasteiger partial charge in [-0.1, -0.05) is 0 Å². The Balaban J connectivity index is 2.65. The van der Waals surface area contributed by atoms with Gasteiger partial charge in [-0.05, 0) is 13.8 Å². The molecule has 3 unspecified atom stereocenters. The van der Waals surface area contributed by atoms with Crippen LogP contribution >= 0.6 is 0 Å². The Morgan fingerprint density at radius 2 is 2.10 bits per heavy atom. The van der Waals surface area contributed by atoms with Crippen molar-refractivity contribution in [2.24, 2.45) is 0 Å². The normalized spacial score (nSPS) is 23.2. The van der Waals surface area contributed by atoms with Gasteiger partial charge in [-0.25, -0.2) is 14.4 Å². The maximum absolute atomic E-state index is 12.0. The molecule has 2 N–H and O–H groups in total. The van der Waals surface area contributed by atoms with Gasteiger partial charge in [0.25, 0.3) is 0 Å². The average molecular weight is 288 g/mol. The van der Waals surface area contributed by atoms with Crippen molar-refractivity contribution in [3.8, 4) is 0 Å². The SMILES string of the molecule is CCOC(=O)C(C)NC(=O)N1CC(OC)CC1C(=O)O. The summed E-state index contributed by atoms with van der Waals surface area (Å²) in [4.78, 5) is 35.8. The standard InChI is InChI=1S/C12H20N2O6/c1-4-20-11(17)7(2)13-12(18)14-6-8(19-3)5-9(14)10(15)16/h7-9H,4-6H2,1-3H3,(H,13,18)(H,15,16). The molecule has 0 aromatic heterocycles. The van der Waals surface area contributed by atoms with Gasteiger partial charge in [-0.3, -0.25) is 0 Å². The molecule has 114 valence electrons. The lowest BCUT2D eigenvalue weighted by molar-refractivity contribution is -0.144. The summed E-state index contributed by atoms with van der Waals surface area (Å²) in [5, 5.41) is 11.5. The fourth-order valence-electron chi connectivity index (χ4n) is 2.02. The summed E-state index contributed by atoms with van der Waals surface area (Å²) >= 11 is 0. The smallest absolute Gasteiger partial charge is 0.328 e. The van der Waals surface area contributed by atoms with Crippen molar-refractivity contribution in [3.05, 3.63) is 0 Å². The van der Waals surface area contributed by atoms with E-state index in [1.807, 2.05) is 0 Å². The number of likely N-dealkylation sites (tertiary alicyclic amines) is 1. The lowest BCUT2D eigenvalue weighted by atomic mass is 10.2. The summed E-state index contributed by atoms with van der Waals surface area (Å²) in [6.45, 7) is 3.53. The van der Waals surface area contributed by atoms with Gasteiger partial charge >= 0.3 is 18.0 Å².